The Morgan fingerprint density at radius 2 is 1.95 bits per heavy atom. The molecule has 0 aliphatic rings. The Morgan fingerprint density at radius 3 is 2.50 bits per heavy atom. The number of alkyl carbamates (subject to hydrolysis) is 1. The number of phenolic OH excluding ortho intramolecular Hbond substituents is 1. The van der Waals surface area contributed by atoms with Crippen LogP contribution in [0.3, 0.4) is 0 Å². The summed E-state index contributed by atoms with van der Waals surface area (Å²) in [6, 6.07) is 4.17. The van der Waals surface area contributed by atoms with Gasteiger partial charge in [0.2, 0.25) is 0 Å². The van der Waals surface area contributed by atoms with Crippen LogP contribution in [0.2, 0.25) is 0 Å². The van der Waals surface area contributed by atoms with E-state index in [-0.39, 0.29) is 17.9 Å². The van der Waals surface area contributed by atoms with Crippen molar-refractivity contribution in [1.29, 1.82) is 0 Å². The molecule has 1 aromatic rings. The molecule has 0 aromatic heterocycles. The van der Waals surface area contributed by atoms with Crippen LogP contribution in [0.4, 0.5) is 4.79 Å². The summed E-state index contributed by atoms with van der Waals surface area (Å²) in [6.45, 7) is 4.94. The van der Waals surface area contributed by atoms with E-state index in [1.807, 2.05) is 0 Å². The molecule has 22 heavy (non-hydrogen) atoms. The van der Waals surface area contributed by atoms with Gasteiger partial charge in [-0.25, -0.2) is 4.79 Å². The molecule has 4 N–H and O–H groups in total. The smallest absolute Gasteiger partial charge is 0.407 e. The van der Waals surface area contributed by atoms with Gasteiger partial charge in [0.1, 0.15) is 29.3 Å². The second-order valence-electron chi connectivity index (χ2n) is 5.82. The third kappa shape index (κ3) is 5.42. The van der Waals surface area contributed by atoms with E-state index in [1.165, 1.54) is 25.3 Å². The van der Waals surface area contributed by atoms with Crippen LogP contribution < -0.4 is 10.1 Å². The molecule has 0 saturated carbocycles. The monoisotopic (exact) mass is 313 g/mol. The molecule has 0 saturated heterocycles. The molecule has 1 aromatic carbocycles. The molecule has 0 fully saturated rings. The van der Waals surface area contributed by atoms with Crippen molar-refractivity contribution in [3.63, 3.8) is 0 Å². The minimum absolute atomic E-state index is 0.0675. The van der Waals surface area contributed by atoms with Crippen LogP contribution in [0, 0.1) is 0 Å². The van der Waals surface area contributed by atoms with E-state index in [0.29, 0.717) is 5.75 Å². The van der Waals surface area contributed by atoms with Gasteiger partial charge in [0, 0.05) is 12.1 Å². The van der Waals surface area contributed by atoms with Gasteiger partial charge < -0.3 is 30.1 Å². The minimum Gasteiger partial charge on any atom is -0.508 e. The summed E-state index contributed by atoms with van der Waals surface area (Å²) in [4.78, 5) is 11.5. The molecule has 7 heteroatoms. The number of aromatic hydroxyl groups is 1. The molecule has 2 atom stereocenters. The zero-order valence-corrected chi connectivity index (χ0v) is 13.2. The van der Waals surface area contributed by atoms with Crippen molar-refractivity contribution in [1.82, 2.24) is 5.32 Å². The predicted molar refractivity (Wildman–Crippen MR) is 79.9 cm³/mol. The van der Waals surface area contributed by atoms with E-state index in [0.717, 1.165) is 0 Å². The molecule has 0 aliphatic carbocycles. The van der Waals surface area contributed by atoms with Crippen molar-refractivity contribution < 1.29 is 29.6 Å². The van der Waals surface area contributed by atoms with E-state index in [4.69, 9.17) is 9.47 Å². The number of aliphatic hydroxyl groups excluding tert-OH is 2. The van der Waals surface area contributed by atoms with Crippen LogP contribution in [0.5, 0.6) is 11.5 Å². The number of benzene rings is 1. The summed E-state index contributed by atoms with van der Waals surface area (Å²) >= 11 is 0. The van der Waals surface area contributed by atoms with Crippen molar-refractivity contribution in [3.05, 3.63) is 23.8 Å². The SMILES string of the molecule is COc1ccc(O)cc1C(O)C(O)CNC(=O)OC(C)(C)C. The Kier molecular flexibility index (Phi) is 6.01. The number of amides is 1. The largest absolute Gasteiger partial charge is 0.508 e. The quantitative estimate of drug-likeness (QED) is 0.653. The Labute approximate surface area is 129 Å². The number of phenols is 1. The van der Waals surface area contributed by atoms with Gasteiger partial charge in [-0.05, 0) is 39.0 Å². The fourth-order valence-corrected chi connectivity index (χ4v) is 1.77. The van der Waals surface area contributed by atoms with E-state index in [1.54, 1.807) is 20.8 Å². The lowest BCUT2D eigenvalue weighted by molar-refractivity contribution is 0.0118. The fourth-order valence-electron chi connectivity index (χ4n) is 1.77. The van der Waals surface area contributed by atoms with Gasteiger partial charge in [-0.15, -0.1) is 0 Å². The minimum atomic E-state index is -1.34. The Bertz CT molecular complexity index is 511. The molecule has 2 unspecified atom stereocenters. The number of hydrogen-bond donors (Lipinski definition) is 4. The molecule has 1 rings (SSSR count). The maximum Gasteiger partial charge on any atom is 0.407 e. The first-order valence-electron chi connectivity index (χ1n) is 6.84. The number of nitrogens with one attached hydrogen (secondary N) is 1. The van der Waals surface area contributed by atoms with E-state index in [2.05, 4.69) is 5.32 Å². The molecule has 0 radical (unpaired) electrons. The van der Waals surface area contributed by atoms with Gasteiger partial charge in [0.05, 0.1) is 7.11 Å². The maximum absolute atomic E-state index is 11.5. The zero-order chi connectivity index (χ0) is 16.9. The van der Waals surface area contributed by atoms with Crippen LogP contribution in [0.25, 0.3) is 0 Å². The maximum atomic E-state index is 11.5. The lowest BCUT2D eigenvalue weighted by Crippen LogP contribution is -2.38. The molecule has 0 aliphatic heterocycles. The van der Waals surface area contributed by atoms with Crippen LogP contribution in [0.15, 0.2) is 18.2 Å². The molecule has 7 nitrogen and oxygen atoms in total. The zero-order valence-electron chi connectivity index (χ0n) is 13.2. The summed E-state index contributed by atoms with van der Waals surface area (Å²) in [5.74, 6) is 0.253. The number of aliphatic hydroxyl groups is 2. The third-order valence-corrected chi connectivity index (χ3v) is 2.75. The predicted octanol–water partition coefficient (Wildman–Crippen LogP) is 1.32. The summed E-state index contributed by atoms with van der Waals surface area (Å²) < 4.78 is 10.1. The standard InChI is InChI=1S/C15H23NO6/c1-15(2,3)22-14(20)16-8-11(18)13(19)10-7-9(17)5-6-12(10)21-4/h5-7,11,13,17-19H,8H2,1-4H3,(H,16,20). The topological polar surface area (TPSA) is 108 Å². The molecular formula is C15H23NO6. The fraction of sp³-hybridized carbons (Fsp3) is 0.533. The number of carbonyl (C=O) groups is 1. The Balaban J connectivity index is 2.68. The molecule has 0 heterocycles. The summed E-state index contributed by atoms with van der Waals surface area (Å²) in [7, 11) is 1.41. The lowest BCUT2D eigenvalue weighted by atomic mass is 10.0. The van der Waals surface area contributed by atoms with Gasteiger partial charge in [-0.3, -0.25) is 0 Å². The van der Waals surface area contributed by atoms with Crippen molar-refractivity contribution in [3.8, 4) is 11.5 Å². The van der Waals surface area contributed by atoms with Gasteiger partial charge in [-0.1, -0.05) is 0 Å². The average molecular weight is 313 g/mol. The number of methoxy groups -OCH3 is 1. The third-order valence-electron chi connectivity index (χ3n) is 2.75. The summed E-state index contributed by atoms with van der Waals surface area (Å²) in [5.41, 5.74) is -0.428. The average Bonchev–Trinajstić information content (AvgIpc) is 2.42. The van der Waals surface area contributed by atoms with E-state index in [9.17, 15) is 20.1 Å². The Morgan fingerprint density at radius 1 is 1.32 bits per heavy atom. The Hall–Kier alpha value is -1.99. The molecular weight excluding hydrogens is 290 g/mol. The summed E-state index contributed by atoms with van der Waals surface area (Å²) in [6.07, 6.45) is -3.32. The number of rotatable bonds is 5. The van der Waals surface area contributed by atoms with Crippen molar-refractivity contribution in [2.24, 2.45) is 0 Å². The van der Waals surface area contributed by atoms with Gasteiger partial charge in [0.25, 0.3) is 0 Å². The van der Waals surface area contributed by atoms with Gasteiger partial charge in [-0.2, -0.15) is 0 Å². The first-order valence-corrected chi connectivity index (χ1v) is 6.84. The highest BCUT2D eigenvalue weighted by molar-refractivity contribution is 5.67. The van der Waals surface area contributed by atoms with Gasteiger partial charge in [0.15, 0.2) is 0 Å². The van der Waals surface area contributed by atoms with E-state index < -0.39 is 23.9 Å². The van der Waals surface area contributed by atoms with Crippen LogP contribution in [0.1, 0.15) is 32.4 Å². The molecule has 124 valence electrons. The van der Waals surface area contributed by atoms with Crippen molar-refractivity contribution >= 4 is 6.09 Å². The highest BCUT2D eigenvalue weighted by Crippen LogP contribution is 2.30. The first-order chi connectivity index (χ1) is 10.1. The number of hydrogen-bond acceptors (Lipinski definition) is 6. The first kappa shape index (κ1) is 18.1. The number of ether oxygens (including phenoxy) is 2. The van der Waals surface area contributed by atoms with E-state index >= 15 is 0 Å². The van der Waals surface area contributed by atoms with Crippen LogP contribution in [-0.2, 0) is 4.74 Å². The normalized spacial score (nSPS) is 14.1. The lowest BCUT2D eigenvalue weighted by Gasteiger charge is -2.23. The number of carbonyl (C=O) groups excluding carboxylic acids is 1. The molecule has 0 spiro atoms. The van der Waals surface area contributed by atoms with Gasteiger partial charge >= 0.3 is 6.09 Å². The molecule has 1 amide bonds. The van der Waals surface area contributed by atoms with Crippen LogP contribution in [-0.4, -0.2) is 46.8 Å². The highest BCUT2D eigenvalue weighted by atomic mass is 16.6. The summed E-state index contributed by atoms with van der Waals surface area (Å²) in [5, 5.41) is 31.9. The second-order valence-corrected chi connectivity index (χ2v) is 5.82. The van der Waals surface area contributed by atoms with Crippen molar-refractivity contribution in [2.45, 2.75) is 38.6 Å². The second kappa shape index (κ2) is 7.33. The van der Waals surface area contributed by atoms with Crippen molar-refractivity contribution in [2.75, 3.05) is 13.7 Å². The molecule has 0 bridgehead atoms. The highest BCUT2D eigenvalue weighted by Gasteiger charge is 2.24. The van der Waals surface area contributed by atoms with Crippen LogP contribution >= 0.6 is 0 Å².